The molecule has 0 aliphatic rings. The van der Waals surface area contributed by atoms with E-state index in [9.17, 15) is 0 Å². The van der Waals surface area contributed by atoms with E-state index >= 15 is 0 Å². The summed E-state index contributed by atoms with van der Waals surface area (Å²) in [5.41, 5.74) is 0. The summed E-state index contributed by atoms with van der Waals surface area (Å²) in [6.45, 7) is 2.12. The molecule has 0 amide bonds. The molecule has 90 valence electrons. The van der Waals surface area contributed by atoms with Gasteiger partial charge in [0.2, 0.25) is 0 Å². The van der Waals surface area contributed by atoms with Crippen molar-refractivity contribution < 1.29 is 16.5 Å². The van der Waals surface area contributed by atoms with Crippen LogP contribution in [0.4, 0.5) is 0 Å². The molecule has 0 aliphatic heterocycles. The van der Waals surface area contributed by atoms with Gasteiger partial charge in [0.1, 0.15) is 20.2 Å². The quantitative estimate of drug-likeness (QED) is 0.370. The molecule has 16 heavy (non-hydrogen) atoms. The lowest BCUT2D eigenvalue weighted by molar-refractivity contribution is 0.393. The Morgan fingerprint density at radius 2 is 1.81 bits per heavy atom. The molecule has 0 saturated carbocycles. The molecule has 1 aromatic rings. The number of benzene rings is 1. The molecule has 0 radical (unpaired) electrons. The van der Waals surface area contributed by atoms with Gasteiger partial charge in [-0.1, -0.05) is 36.9 Å². The first-order chi connectivity index (χ1) is 7.88. The van der Waals surface area contributed by atoms with Gasteiger partial charge in [-0.15, -0.1) is 0 Å². The van der Waals surface area contributed by atoms with Gasteiger partial charge in [-0.05, 0) is 5.19 Å². The fourth-order valence-corrected chi connectivity index (χ4v) is 9.18. The second-order valence-corrected chi connectivity index (χ2v) is 12.1. The van der Waals surface area contributed by atoms with Gasteiger partial charge in [0.25, 0.3) is 20.0 Å². The highest BCUT2D eigenvalue weighted by atomic mass is 28.4. The van der Waals surface area contributed by atoms with Gasteiger partial charge in [-0.3, -0.25) is 0 Å². The van der Waals surface area contributed by atoms with Gasteiger partial charge in [-0.2, -0.15) is 0 Å². The van der Waals surface area contributed by atoms with Crippen molar-refractivity contribution in [3.63, 3.8) is 0 Å². The second kappa shape index (κ2) is 9.20. The van der Waals surface area contributed by atoms with Crippen LogP contribution in [0.1, 0.15) is 0 Å². The van der Waals surface area contributed by atoms with Crippen LogP contribution in [-0.2, 0) is 16.5 Å². The minimum Gasteiger partial charge on any atom is -0.449 e. The predicted octanol–water partition coefficient (Wildman–Crippen LogP) is -3.41. The standard InChI is InChI=1S/C7H18O4Si5/c1-13-9-15-11-16(10-14-8-12)7-5-3-2-4-6-7/h2-6,16H,13-15H2,1,12H3. The van der Waals surface area contributed by atoms with Crippen molar-refractivity contribution in [2.75, 3.05) is 0 Å². The van der Waals surface area contributed by atoms with E-state index in [0.717, 1.165) is 10.5 Å². The third kappa shape index (κ3) is 5.47. The van der Waals surface area contributed by atoms with Crippen molar-refractivity contribution >= 4 is 54.7 Å². The fraction of sp³-hybridized carbons (Fsp3) is 0.143. The first-order valence-corrected chi connectivity index (χ1v) is 11.9. The van der Waals surface area contributed by atoms with Crippen LogP contribution in [0.15, 0.2) is 30.3 Å². The zero-order valence-corrected chi connectivity index (χ0v) is 17.1. The summed E-state index contributed by atoms with van der Waals surface area (Å²) in [5.74, 6) is 0. The van der Waals surface area contributed by atoms with Crippen molar-refractivity contribution in [3.05, 3.63) is 30.3 Å². The van der Waals surface area contributed by atoms with Crippen LogP contribution in [-0.4, -0.2) is 49.5 Å². The SMILES string of the molecule is C[SiH2]O[SiH2]O[SiH](O[SiH2]O[SiH3])c1ccccc1. The van der Waals surface area contributed by atoms with E-state index in [-0.39, 0.29) is 9.76 Å². The maximum absolute atomic E-state index is 5.81. The Morgan fingerprint density at radius 3 is 2.44 bits per heavy atom. The third-order valence-corrected chi connectivity index (χ3v) is 9.60. The lowest BCUT2D eigenvalue weighted by Crippen LogP contribution is -2.40. The van der Waals surface area contributed by atoms with Gasteiger partial charge in [-0.25, -0.2) is 0 Å². The second-order valence-electron chi connectivity index (χ2n) is 3.09. The van der Waals surface area contributed by atoms with Crippen molar-refractivity contribution in [1.82, 2.24) is 0 Å². The Kier molecular flexibility index (Phi) is 8.17. The van der Waals surface area contributed by atoms with Gasteiger partial charge in [0.05, 0.1) is 0 Å². The first kappa shape index (κ1) is 14.2. The molecule has 0 fully saturated rings. The monoisotopic (exact) mass is 306 g/mol. The van der Waals surface area contributed by atoms with Crippen LogP contribution in [0.3, 0.4) is 0 Å². The Hall–Kier alpha value is 0.144. The molecule has 1 aromatic carbocycles. The average molecular weight is 307 g/mol. The van der Waals surface area contributed by atoms with Gasteiger partial charge in [0, 0.05) is 0 Å². The highest BCUT2D eigenvalue weighted by molar-refractivity contribution is 6.69. The molecule has 0 spiro atoms. The Balaban J connectivity index is 2.49. The minimum absolute atomic E-state index is 0.338. The predicted molar refractivity (Wildman–Crippen MR) is 79.0 cm³/mol. The minimum atomic E-state index is -1.72. The summed E-state index contributed by atoms with van der Waals surface area (Å²) in [4.78, 5) is 0. The van der Waals surface area contributed by atoms with Crippen molar-refractivity contribution in [2.24, 2.45) is 0 Å². The number of hydrogen-bond acceptors (Lipinski definition) is 4. The van der Waals surface area contributed by atoms with Crippen LogP contribution in [0.25, 0.3) is 0 Å². The summed E-state index contributed by atoms with van der Waals surface area (Å²) in [6, 6.07) is 10.2. The molecule has 1 rings (SSSR count). The zero-order valence-electron chi connectivity index (χ0n) is 9.72. The molecule has 0 saturated heterocycles. The maximum atomic E-state index is 5.81. The molecule has 4 nitrogen and oxygen atoms in total. The third-order valence-electron chi connectivity index (χ3n) is 1.92. The maximum Gasteiger partial charge on any atom is 0.337 e. The van der Waals surface area contributed by atoms with Crippen LogP contribution >= 0.6 is 0 Å². The van der Waals surface area contributed by atoms with E-state index in [1.54, 1.807) is 0 Å². The van der Waals surface area contributed by atoms with Crippen LogP contribution in [0.2, 0.25) is 6.55 Å². The summed E-state index contributed by atoms with van der Waals surface area (Å²) in [7, 11) is -2.97. The van der Waals surface area contributed by atoms with E-state index in [1.807, 2.05) is 18.2 Å². The molecule has 9 heteroatoms. The van der Waals surface area contributed by atoms with Crippen LogP contribution in [0, 0.1) is 0 Å². The summed E-state index contributed by atoms with van der Waals surface area (Å²) in [5, 5.41) is 1.18. The average Bonchev–Trinajstić information content (AvgIpc) is 2.35. The van der Waals surface area contributed by atoms with Gasteiger partial charge < -0.3 is 16.5 Å². The zero-order chi connectivity index (χ0) is 11.6. The van der Waals surface area contributed by atoms with Crippen molar-refractivity contribution in [2.45, 2.75) is 6.55 Å². The van der Waals surface area contributed by atoms with Crippen LogP contribution in [0.5, 0.6) is 0 Å². The topological polar surface area (TPSA) is 36.9 Å². The molecule has 1 unspecified atom stereocenters. The Bertz CT molecular complexity index is 275. The summed E-state index contributed by atoms with van der Waals surface area (Å²) in [6.07, 6.45) is 0. The molecule has 1 atom stereocenters. The molecule has 0 aliphatic carbocycles. The molecule has 0 heterocycles. The first-order valence-electron chi connectivity index (χ1n) is 5.23. The highest BCUT2D eigenvalue weighted by Crippen LogP contribution is 1.92. The lowest BCUT2D eigenvalue weighted by atomic mass is 10.4. The van der Waals surface area contributed by atoms with Crippen molar-refractivity contribution in [3.8, 4) is 0 Å². The van der Waals surface area contributed by atoms with Gasteiger partial charge in [0.15, 0.2) is 0 Å². The highest BCUT2D eigenvalue weighted by Gasteiger charge is 2.15. The fourth-order valence-electron chi connectivity index (χ4n) is 1.17. The van der Waals surface area contributed by atoms with E-state index in [1.165, 1.54) is 5.19 Å². The van der Waals surface area contributed by atoms with E-state index in [0.29, 0.717) is 0 Å². The summed E-state index contributed by atoms with van der Waals surface area (Å²) >= 11 is 0. The van der Waals surface area contributed by atoms with E-state index in [4.69, 9.17) is 16.5 Å². The molecule has 0 aromatic heterocycles. The molecule has 0 bridgehead atoms. The normalized spacial score (nSPS) is 15.1. The number of rotatable bonds is 8. The molecule has 0 N–H and O–H groups in total. The Morgan fingerprint density at radius 1 is 1.12 bits per heavy atom. The largest absolute Gasteiger partial charge is 0.449 e. The molecular formula is C7H18O4Si5. The van der Waals surface area contributed by atoms with E-state index < -0.39 is 29.3 Å². The van der Waals surface area contributed by atoms with Crippen molar-refractivity contribution in [1.29, 1.82) is 0 Å². The summed E-state index contributed by atoms with van der Waals surface area (Å²) < 4.78 is 22.2. The Labute approximate surface area is 108 Å². The lowest BCUT2D eigenvalue weighted by Gasteiger charge is -2.16. The van der Waals surface area contributed by atoms with E-state index in [2.05, 4.69) is 18.7 Å². The number of hydrogen-bond donors (Lipinski definition) is 0. The smallest absolute Gasteiger partial charge is 0.337 e. The molecular weight excluding hydrogens is 289 g/mol. The van der Waals surface area contributed by atoms with Crippen LogP contribution < -0.4 is 5.19 Å². The van der Waals surface area contributed by atoms with Gasteiger partial charge >= 0.3 is 9.28 Å².